The molecule has 1 amide bonds. The maximum atomic E-state index is 12.7. The number of carbonyl (C=O) groups excluding carboxylic acids is 1. The summed E-state index contributed by atoms with van der Waals surface area (Å²) in [5.74, 6) is 2.55. The normalized spacial score (nSPS) is 14.9. The minimum absolute atomic E-state index is 0.0392. The lowest BCUT2D eigenvalue weighted by Gasteiger charge is -2.38. The highest BCUT2D eigenvalue weighted by molar-refractivity contribution is 5.76. The summed E-state index contributed by atoms with van der Waals surface area (Å²) in [6.07, 6.45) is 2.38. The van der Waals surface area contributed by atoms with Crippen LogP contribution in [0.4, 0.5) is 0 Å². The molecule has 186 valence electrons. The maximum absolute atomic E-state index is 12.7. The highest BCUT2D eigenvalue weighted by Crippen LogP contribution is 2.35. The van der Waals surface area contributed by atoms with Crippen LogP contribution in [-0.4, -0.2) is 49.0 Å². The molecule has 0 unspecified atom stereocenters. The molecule has 1 aromatic heterocycles. The number of ether oxygens (including phenoxy) is 3. The summed E-state index contributed by atoms with van der Waals surface area (Å²) in [6, 6.07) is 15.7. The van der Waals surface area contributed by atoms with Gasteiger partial charge in [0.05, 0.1) is 13.2 Å². The van der Waals surface area contributed by atoms with Crippen LogP contribution in [0.2, 0.25) is 0 Å². The molecular formula is C27H33N3O5. The minimum Gasteiger partial charge on any atom is -0.494 e. The number of aryl methyl sites for hydroxylation is 1. The number of nitrogens with one attached hydrogen (secondary N) is 1. The SMILES string of the molecule is CCOc1ccc(-c2noc(CCC(=O)NCC3(c4ccc(OCC)cc4)CCOCC3)n2)cc1. The van der Waals surface area contributed by atoms with E-state index in [-0.39, 0.29) is 17.7 Å². The van der Waals surface area contributed by atoms with E-state index in [2.05, 4.69) is 27.6 Å². The Kier molecular flexibility index (Phi) is 8.36. The van der Waals surface area contributed by atoms with Crippen molar-refractivity contribution in [3.05, 3.63) is 60.0 Å². The van der Waals surface area contributed by atoms with E-state index in [1.54, 1.807) is 0 Å². The molecule has 8 heteroatoms. The van der Waals surface area contributed by atoms with Gasteiger partial charge in [-0.1, -0.05) is 17.3 Å². The molecule has 1 fully saturated rings. The van der Waals surface area contributed by atoms with E-state index >= 15 is 0 Å². The molecule has 1 aliphatic rings. The van der Waals surface area contributed by atoms with E-state index in [1.165, 1.54) is 5.56 Å². The highest BCUT2D eigenvalue weighted by atomic mass is 16.5. The van der Waals surface area contributed by atoms with Gasteiger partial charge in [0.15, 0.2) is 0 Å². The summed E-state index contributed by atoms with van der Waals surface area (Å²) in [5, 5.41) is 7.18. The Hall–Kier alpha value is -3.39. The fourth-order valence-electron chi connectivity index (χ4n) is 4.32. The van der Waals surface area contributed by atoms with Gasteiger partial charge in [0.25, 0.3) is 0 Å². The molecule has 0 saturated carbocycles. The van der Waals surface area contributed by atoms with E-state index < -0.39 is 0 Å². The van der Waals surface area contributed by atoms with Gasteiger partial charge in [-0.05, 0) is 68.7 Å². The topological polar surface area (TPSA) is 95.7 Å². The molecule has 2 aromatic carbocycles. The lowest BCUT2D eigenvalue weighted by atomic mass is 9.74. The third-order valence-corrected chi connectivity index (χ3v) is 6.31. The first-order valence-electron chi connectivity index (χ1n) is 12.3. The van der Waals surface area contributed by atoms with Gasteiger partial charge in [-0.25, -0.2) is 0 Å². The second-order valence-corrected chi connectivity index (χ2v) is 8.60. The second-order valence-electron chi connectivity index (χ2n) is 8.60. The van der Waals surface area contributed by atoms with E-state index in [4.69, 9.17) is 18.7 Å². The Labute approximate surface area is 206 Å². The van der Waals surface area contributed by atoms with Crippen molar-refractivity contribution < 1.29 is 23.5 Å². The van der Waals surface area contributed by atoms with Crippen LogP contribution < -0.4 is 14.8 Å². The molecule has 0 atom stereocenters. The van der Waals surface area contributed by atoms with Gasteiger partial charge >= 0.3 is 0 Å². The van der Waals surface area contributed by atoms with Crippen molar-refractivity contribution in [3.8, 4) is 22.9 Å². The minimum atomic E-state index is -0.149. The first-order chi connectivity index (χ1) is 17.1. The fourth-order valence-corrected chi connectivity index (χ4v) is 4.32. The fraction of sp³-hybridized carbons (Fsp3) is 0.444. The number of rotatable bonds is 11. The Morgan fingerprint density at radius 3 is 2.23 bits per heavy atom. The number of aromatic nitrogens is 2. The van der Waals surface area contributed by atoms with Crippen LogP contribution >= 0.6 is 0 Å². The van der Waals surface area contributed by atoms with E-state index in [9.17, 15) is 4.79 Å². The van der Waals surface area contributed by atoms with Gasteiger partial charge in [-0.15, -0.1) is 0 Å². The smallest absolute Gasteiger partial charge is 0.227 e. The first kappa shape index (κ1) is 24.7. The highest BCUT2D eigenvalue weighted by Gasteiger charge is 2.35. The van der Waals surface area contributed by atoms with Crippen LogP contribution in [0, 0.1) is 0 Å². The van der Waals surface area contributed by atoms with E-state index in [0.29, 0.717) is 51.1 Å². The molecule has 0 bridgehead atoms. The van der Waals surface area contributed by atoms with E-state index in [0.717, 1.165) is 29.9 Å². The molecule has 0 aliphatic carbocycles. The van der Waals surface area contributed by atoms with Gasteiger partial charge < -0.3 is 24.1 Å². The summed E-state index contributed by atoms with van der Waals surface area (Å²) in [5.41, 5.74) is 1.88. The molecule has 1 aliphatic heterocycles. The summed E-state index contributed by atoms with van der Waals surface area (Å²) >= 11 is 0. The van der Waals surface area contributed by atoms with Crippen LogP contribution in [0.5, 0.6) is 11.5 Å². The van der Waals surface area contributed by atoms with Crippen molar-refractivity contribution in [2.75, 3.05) is 33.0 Å². The van der Waals surface area contributed by atoms with Crippen LogP contribution in [0.25, 0.3) is 11.4 Å². The Balaban J connectivity index is 1.32. The van der Waals surface area contributed by atoms with Gasteiger partial charge in [0.2, 0.25) is 17.6 Å². The molecule has 0 radical (unpaired) electrons. The summed E-state index contributed by atoms with van der Waals surface area (Å²) in [4.78, 5) is 17.1. The van der Waals surface area contributed by atoms with Crippen molar-refractivity contribution in [2.24, 2.45) is 0 Å². The Morgan fingerprint density at radius 2 is 1.60 bits per heavy atom. The predicted octanol–water partition coefficient (Wildman–Crippen LogP) is 4.33. The average molecular weight is 480 g/mol. The van der Waals surface area contributed by atoms with Gasteiger partial charge in [-0.2, -0.15) is 4.98 Å². The van der Waals surface area contributed by atoms with Crippen molar-refractivity contribution >= 4 is 5.91 Å². The van der Waals surface area contributed by atoms with Crippen molar-refractivity contribution in [1.29, 1.82) is 0 Å². The number of nitrogens with zero attached hydrogens (tertiary/aromatic N) is 2. The van der Waals surface area contributed by atoms with Gasteiger partial charge in [-0.3, -0.25) is 4.79 Å². The quantitative estimate of drug-likeness (QED) is 0.437. The Morgan fingerprint density at radius 1 is 0.971 bits per heavy atom. The number of benzene rings is 2. The molecular weight excluding hydrogens is 446 g/mol. The second kappa shape index (κ2) is 11.8. The molecule has 35 heavy (non-hydrogen) atoms. The standard InChI is InChI=1S/C27H33N3O5/c1-3-33-22-9-5-20(6-10-22)26-29-25(35-30-26)14-13-24(31)28-19-27(15-17-32-18-16-27)21-7-11-23(12-8-21)34-4-2/h5-12H,3-4,13-19H2,1-2H3,(H,28,31). The summed E-state index contributed by atoms with van der Waals surface area (Å²) in [7, 11) is 0. The molecule has 2 heterocycles. The van der Waals surface area contributed by atoms with E-state index in [1.807, 2.05) is 50.2 Å². The van der Waals surface area contributed by atoms with Gasteiger partial charge in [0, 0.05) is 43.6 Å². The molecule has 4 rings (SSSR count). The molecule has 3 aromatic rings. The third kappa shape index (κ3) is 6.39. The van der Waals surface area contributed by atoms with Gasteiger partial charge in [0.1, 0.15) is 11.5 Å². The van der Waals surface area contributed by atoms with Crippen molar-refractivity contribution in [2.45, 2.75) is 44.9 Å². The monoisotopic (exact) mass is 479 g/mol. The zero-order valence-electron chi connectivity index (χ0n) is 20.4. The number of hydrogen-bond acceptors (Lipinski definition) is 7. The number of amides is 1. The lowest BCUT2D eigenvalue weighted by Crippen LogP contribution is -2.44. The number of carbonyl (C=O) groups is 1. The zero-order valence-corrected chi connectivity index (χ0v) is 20.4. The lowest BCUT2D eigenvalue weighted by molar-refractivity contribution is -0.121. The van der Waals surface area contributed by atoms with Crippen LogP contribution in [0.1, 0.15) is 44.6 Å². The number of hydrogen-bond donors (Lipinski definition) is 1. The van der Waals surface area contributed by atoms with Crippen LogP contribution in [0.3, 0.4) is 0 Å². The largest absolute Gasteiger partial charge is 0.494 e. The third-order valence-electron chi connectivity index (χ3n) is 6.31. The molecule has 0 spiro atoms. The van der Waals surface area contributed by atoms with Crippen LogP contribution in [-0.2, 0) is 21.4 Å². The first-order valence-corrected chi connectivity index (χ1v) is 12.3. The molecule has 1 N–H and O–H groups in total. The maximum Gasteiger partial charge on any atom is 0.227 e. The van der Waals surface area contributed by atoms with Crippen LogP contribution in [0.15, 0.2) is 53.1 Å². The summed E-state index contributed by atoms with van der Waals surface area (Å²) < 4.78 is 22.0. The summed E-state index contributed by atoms with van der Waals surface area (Å²) in [6.45, 7) is 7.08. The predicted molar refractivity (Wildman–Crippen MR) is 132 cm³/mol. The van der Waals surface area contributed by atoms with Crippen molar-refractivity contribution in [1.82, 2.24) is 15.5 Å². The zero-order chi connectivity index (χ0) is 24.5. The molecule has 8 nitrogen and oxygen atoms in total. The Bertz CT molecular complexity index is 1070. The average Bonchev–Trinajstić information content (AvgIpc) is 3.37. The van der Waals surface area contributed by atoms with Crippen molar-refractivity contribution in [3.63, 3.8) is 0 Å². The molecule has 1 saturated heterocycles.